The summed E-state index contributed by atoms with van der Waals surface area (Å²) in [4.78, 5) is 17.9. The zero-order valence-corrected chi connectivity index (χ0v) is 17.8. The van der Waals surface area contributed by atoms with Crippen molar-refractivity contribution in [3.8, 4) is 5.75 Å². The summed E-state index contributed by atoms with van der Waals surface area (Å²) in [7, 11) is 0. The van der Waals surface area contributed by atoms with Gasteiger partial charge in [0.1, 0.15) is 18.2 Å². The molecule has 1 atom stereocenters. The zero-order chi connectivity index (χ0) is 21.3. The number of nitrogens with zero attached hydrogens (tertiary/aromatic N) is 2. The van der Waals surface area contributed by atoms with Crippen molar-refractivity contribution in [1.29, 1.82) is 0 Å². The first-order chi connectivity index (χ1) is 14.5. The maximum Gasteiger partial charge on any atom is 0.308 e. The number of aliphatic carboxylic acids is 1. The molecule has 1 saturated heterocycles. The van der Waals surface area contributed by atoms with E-state index in [2.05, 4.69) is 53.3 Å². The summed E-state index contributed by atoms with van der Waals surface area (Å²) >= 11 is 0. The number of piperidine rings is 1. The second kappa shape index (κ2) is 10.8. The molecule has 1 fully saturated rings. The number of carboxylic acids is 1. The summed E-state index contributed by atoms with van der Waals surface area (Å²) in [5.74, 6) is 0.714. The molecular formula is C24H31N3O3. The van der Waals surface area contributed by atoms with Crippen LogP contribution in [0.5, 0.6) is 5.75 Å². The van der Waals surface area contributed by atoms with Crippen LogP contribution in [0.25, 0.3) is 0 Å². The number of benzene rings is 1. The van der Waals surface area contributed by atoms with Crippen LogP contribution in [0.3, 0.4) is 0 Å². The molecule has 3 rings (SSSR count). The van der Waals surface area contributed by atoms with Gasteiger partial charge >= 0.3 is 5.97 Å². The Balaban J connectivity index is 1.44. The number of nitrogens with one attached hydrogen (secondary N) is 1. The fourth-order valence-corrected chi connectivity index (χ4v) is 3.45. The van der Waals surface area contributed by atoms with Gasteiger partial charge in [-0.15, -0.1) is 0 Å². The molecule has 0 amide bonds. The SMILES string of the molecule is CC(C)=CCOc1ccc(CNCc2ccc(N3CCCC(C(=O)O)C3)nc2)cc1. The molecule has 1 unspecified atom stereocenters. The molecule has 0 aliphatic carbocycles. The summed E-state index contributed by atoms with van der Waals surface area (Å²) in [5, 5.41) is 12.7. The Morgan fingerprint density at radius 2 is 1.93 bits per heavy atom. The highest BCUT2D eigenvalue weighted by molar-refractivity contribution is 5.71. The molecule has 1 aromatic heterocycles. The average Bonchev–Trinajstić information content (AvgIpc) is 2.75. The summed E-state index contributed by atoms with van der Waals surface area (Å²) in [6.45, 7) is 7.60. The molecule has 160 valence electrons. The lowest BCUT2D eigenvalue weighted by Gasteiger charge is -2.31. The lowest BCUT2D eigenvalue weighted by Crippen LogP contribution is -2.39. The number of carbonyl (C=O) groups is 1. The monoisotopic (exact) mass is 409 g/mol. The van der Waals surface area contributed by atoms with Gasteiger partial charge in [-0.3, -0.25) is 4.79 Å². The van der Waals surface area contributed by atoms with Gasteiger partial charge in [-0.05, 0) is 62.1 Å². The molecule has 1 aliphatic heterocycles. The van der Waals surface area contributed by atoms with Crippen molar-refractivity contribution in [1.82, 2.24) is 10.3 Å². The number of carboxylic acid groups (broad SMARTS) is 1. The predicted molar refractivity (Wildman–Crippen MR) is 119 cm³/mol. The second-order valence-electron chi connectivity index (χ2n) is 7.99. The Labute approximate surface area is 178 Å². The minimum absolute atomic E-state index is 0.300. The molecule has 1 aliphatic rings. The van der Waals surface area contributed by atoms with Crippen LogP contribution in [-0.2, 0) is 17.9 Å². The molecule has 1 aromatic carbocycles. The zero-order valence-electron chi connectivity index (χ0n) is 17.8. The summed E-state index contributed by atoms with van der Waals surface area (Å²) in [5.41, 5.74) is 3.55. The van der Waals surface area contributed by atoms with Crippen LogP contribution in [0.2, 0.25) is 0 Å². The van der Waals surface area contributed by atoms with Crippen molar-refractivity contribution < 1.29 is 14.6 Å². The lowest BCUT2D eigenvalue weighted by atomic mass is 9.98. The molecule has 30 heavy (non-hydrogen) atoms. The van der Waals surface area contributed by atoms with Gasteiger partial charge in [0.2, 0.25) is 0 Å². The van der Waals surface area contributed by atoms with Gasteiger partial charge in [-0.2, -0.15) is 0 Å². The maximum atomic E-state index is 11.2. The first kappa shape index (κ1) is 21.8. The Morgan fingerprint density at radius 1 is 1.20 bits per heavy atom. The van der Waals surface area contributed by atoms with E-state index in [4.69, 9.17) is 4.74 Å². The maximum absolute atomic E-state index is 11.2. The van der Waals surface area contributed by atoms with E-state index < -0.39 is 5.97 Å². The lowest BCUT2D eigenvalue weighted by molar-refractivity contribution is -0.141. The van der Waals surface area contributed by atoms with Gasteiger partial charge in [0, 0.05) is 32.4 Å². The minimum atomic E-state index is -0.715. The summed E-state index contributed by atoms with van der Waals surface area (Å²) in [6.07, 6.45) is 5.56. The van der Waals surface area contributed by atoms with E-state index in [1.165, 1.54) is 11.1 Å². The number of allylic oxidation sites excluding steroid dienone is 1. The summed E-state index contributed by atoms with van der Waals surface area (Å²) < 4.78 is 5.68. The van der Waals surface area contributed by atoms with Gasteiger partial charge in [0.15, 0.2) is 0 Å². The third kappa shape index (κ3) is 6.59. The van der Waals surface area contributed by atoms with Gasteiger partial charge in [0.25, 0.3) is 0 Å². The van der Waals surface area contributed by atoms with E-state index in [-0.39, 0.29) is 5.92 Å². The van der Waals surface area contributed by atoms with Crippen molar-refractivity contribution >= 4 is 11.8 Å². The number of hydrogen-bond acceptors (Lipinski definition) is 5. The van der Waals surface area contributed by atoms with Crippen molar-refractivity contribution in [2.45, 2.75) is 39.8 Å². The van der Waals surface area contributed by atoms with Gasteiger partial charge in [0.05, 0.1) is 5.92 Å². The molecule has 2 aromatic rings. The van der Waals surface area contributed by atoms with Crippen molar-refractivity contribution in [2.75, 3.05) is 24.6 Å². The van der Waals surface area contributed by atoms with Gasteiger partial charge in [-0.1, -0.05) is 23.8 Å². The highest BCUT2D eigenvalue weighted by atomic mass is 16.5. The Kier molecular flexibility index (Phi) is 7.85. The Hall–Kier alpha value is -2.86. The van der Waals surface area contributed by atoms with E-state index in [0.29, 0.717) is 13.2 Å². The molecule has 0 spiro atoms. The van der Waals surface area contributed by atoms with E-state index in [0.717, 1.165) is 49.6 Å². The van der Waals surface area contributed by atoms with Crippen molar-refractivity contribution in [2.24, 2.45) is 5.92 Å². The van der Waals surface area contributed by atoms with Crippen LogP contribution in [0.15, 0.2) is 54.2 Å². The summed E-state index contributed by atoms with van der Waals surface area (Å²) in [6, 6.07) is 12.2. The molecule has 6 nitrogen and oxygen atoms in total. The van der Waals surface area contributed by atoms with E-state index in [9.17, 15) is 9.90 Å². The molecule has 0 bridgehead atoms. The van der Waals surface area contributed by atoms with Crippen LogP contribution in [0.4, 0.5) is 5.82 Å². The second-order valence-corrected chi connectivity index (χ2v) is 7.99. The van der Waals surface area contributed by atoms with E-state index in [1.807, 2.05) is 24.4 Å². The van der Waals surface area contributed by atoms with Crippen LogP contribution >= 0.6 is 0 Å². The normalized spacial score (nSPS) is 16.2. The molecule has 0 saturated carbocycles. The van der Waals surface area contributed by atoms with E-state index >= 15 is 0 Å². The fraction of sp³-hybridized carbons (Fsp3) is 0.417. The smallest absolute Gasteiger partial charge is 0.308 e. The highest BCUT2D eigenvalue weighted by Gasteiger charge is 2.25. The highest BCUT2D eigenvalue weighted by Crippen LogP contribution is 2.22. The fourth-order valence-electron chi connectivity index (χ4n) is 3.45. The standard InChI is InChI=1S/C24H31N3O3/c1-18(2)11-13-30-22-8-5-19(6-9-22)14-25-15-20-7-10-23(26-16-20)27-12-3-4-21(17-27)24(28)29/h5-11,16,21,25H,3-4,12-15,17H2,1-2H3,(H,28,29). The molecule has 2 heterocycles. The predicted octanol–water partition coefficient (Wildman–Crippen LogP) is 4.02. The minimum Gasteiger partial charge on any atom is -0.490 e. The van der Waals surface area contributed by atoms with Crippen LogP contribution in [-0.4, -0.2) is 35.8 Å². The number of aromatic nitrogens is 1. The van der Waals surface area contributed by atoms with Gasteiger partial charge < -0.3 is 20.1 Å². The topological polar surface area (TPSA) is 74.7 Å². The molecule has 2 N–H and O–H groups in total. The van der Waals surface area contributed by atoms with Crippen LogP contribution < -0.4 is 15.0 Å². The number of hydrogen-bond donors (Lipinski definition) is 2. The Morgan fingerprint density at radius 3 is 2.60 bits per heavy atom. The molecule has 0 radical (unpaired) electrons. The largest absolute Gasteiger partial charge is 0.490 e. The first-order valence-electron chi connectivity index (χ1n) is 10.5. The number of pyridine rings is 1. The average molecular weight is 410 g/mol. The molecule has 6 heteroatoms. The van der Waals surface area contributed by atoms with Crippen LogP contribution in [0, 0.1) is 5.92 Å². The van der Waals surface area contributed by atoms with Crippen molar-refractivity contribution in [3.05, 3.63) is 65.4 Å². The molecular weight excluding hydrogens is 378 g/mol. The first-order valence-corrected chi connectivity index (χ1v) is 10.5. The van der Waals surface area contributed by atoms with Crippen LogP contribution in [0.1, 0.15) is 37.8 Å². The Bertz CT molecular complexity index is 843. The number of ether oxygens (including phenoxy) is 1. The van der Waals surface area contributed by atoms with Crippen molar-refractivity contribution in [3.63, 3.8) is 0 Å². The van der Waals surface area contributed by atoms with E-state index in [1.54, 1.807) is 0 Å². The van der Waals surface area contributed by atoms with Gasteiger partial charge in [-0.25, -0.2) is 4.98 Å². The number of anilines is 1. The third-order valence-corrected chi connectivity index (χ3v) is 5.23. The quantitative estimate of drug-likeness (QED) is 0.610. The number of rotatable bonds is 9. The third-order valence-electron chi connectivity index (χ3n) is 5.23.